The second-order valence-corrected chi connectivity index (χ2v) is 5.92. The molecule has 4 nitrogen and oxygen atoms in total. The van der Waals surface area contributed by atoms with E-state index in [2.05, 4.69) is 34.3 Å². The Bertz CT molecular complexity index is 624. The number of hydrogen-bond acceptors (Lipinski definition) is 2. The molecule has 4 heteroatoms. The van der Waals surface area contributed by atoms with Gasteiger partial charge in [-0.15, -0.1) is 0 Å². The van der Waals surface area contributed by atoms with Gasteiger partial charge < -0.3 is 15.3 Å². The van der Waals surface area contributed by atoms with Gasteiger partial charge in [-0.05, 0) is 43.0 Å². The van der Waals surface area contributed by atoms with Gasteiger partial charge in [0.1, 0.15) is 0 Å². The molecular weight excluding hydrogens is 250 g/mol. The van der Waals surface area contributed by atoms with Crippen molar-refractivity contribution >= 4 is 11.0 Å². The fraction of sp³-hybridized carbons (Fsp3) is 0.562. The number of aromatic amines is 2. The van der Waals surface area contributed by atoms with Gasteiger partial charge in [-0.1, -0.05) is 32.3 Å². The molecule has 0 aliphatic heterocycles. The Hall–Kier alpha value is -1.55. The van der Waals surface area contributed by atoms with E-state index in [1.54, 1.807) is 0 Å². The summed E-state index contributed by atoms with van der Waals surface area (Å²) in [5, 5.41) is 3.65. The van der Waals surface area contributed by atoms with Crippen LogP contribution in [-0.4, -0.2) is 16.5 Å². The number of nitrogens with one attached hydrogen (secondary N) is 3. The van der Waals surface area contributed by atoms with Gasteiger partial charge in [0.25, 0.3) is 0 Å². The Morgan fingerprint density at radius 3 is 2.80 bits per heavy atom. The average Bonchev–Trinajstić information content (AvgIpc) is 2.76. The van der Waals surface area contributed by atoms with E-state index in [1.807, 2.05) is 6.07 Å². The summed E-state index contributed by atoms with van der Waals surface area (Å²) in [5.41, 5.74) is 2.95. The standard InChI is InChI=1S/C16H23N3O/c1-2-8-17-14(9-11-4-3-5-11)12-6-7-13-15(10-12)19-16(20)18-13/h6-7,10-11,14,17H,2-5,8-9H2,1H3,(H2,18,19,20). The molecule has 1 aliphatic rings. The summed E-state index contributed by atoms with van der Waals surface area (Å²) in [5.74, 6) is 0.866. The molecule has 20 heavy (non-hydrogen) atoms. The van der Waals surface area contributed by atoms with Gasteiger partial charge in [-0.2, -0.15) is 0 Å². The molecule has 1 aromatic carbocycles. The minimum atomic E-state index is -0.130. The maximum atomic E-state index is 11.3. The highest BCUT2D eigenvalue weighted by molar-refractivity contribution is 5.75. The zero-order valence-electron chi connectivity index (χ0n) is 12.0. The van der Waals surface area contributed by atoms with Crippen LogP contribution in [0, 0.1) is 5.92 Å². The smallest absolute Gasteiger partial charge is 0.310 e. The minimum Gasteiger partial charge on any atom is -0.310 e. The van der Waals surface area contributed by atoms with Crippen molar-refractivity contribution in [1.29, 1.82) is 0 Å². The number of imidazole rings is 1. The zero-order valence-corrected chi connectivity index (χ0v) is 12.0. The SMILES string of the molecule is CCCNC(CC1CCC1)c1ccc2[nH]c(=O)[nH]c2c1. The lowest BCUT2D eigenvalue weighted by molar-refractivity contribution is 0.261. The molecule has 0 spiro atoms. The third-order valence-electron chi connectivity index (χ3n) is 4.38. The van der Waals surface area contributed by atoms with Crippen LogP contribution in [0.2, 0.25) is 0 Å². The number of fused-ring (bicyclic) bond motifs is 1. The van der Waals surface area contributed by atoms with Crippen LogP contribution in [0.25, 0.3) is 11.0 Å². The van der Waals surface area contributed by atoms with Crippen LogP contribution in [0.15, 0.2) is 23.0 Å². The highest BCUT2D eigenvalue weighted by Gasteiger charge is 2.23. The van der Waals surface area contributed by atoms with E-state index in [0.29, 0.717) is 6.04 Å². The second-order valence-electron chi connectivity index (χ2n) is 5.92. The molecule has 1 atom stereocenters. The van der Waals surface area contributed by atoms with Crippen LogP contribution in [0.4, 0.5) is 0 Å². The molecule has 1 unspecified atom stereocenters. The third kappa shape index (κ3) is 2.80. The first kappa shape index (κ1) is 13.4. The molecule has 0 amide bonds. The second kappa shape index (κ2) is 5.83. The highest BCUT2D eigenvalue weighted by Crippen LogP contribution is 2.35. The van der Waals surface area contributed by atoms with Crippen molar-refractivity contribution in [2.45, 2.75) is 45.1 Å². The quantitative estimate of drug-likeness (QED) is 0.757. The van der Waals surface area contributed by atoms with Crippen LogP contribution >= 0.6 is 0 Å². The summed E-state index contributed by atoms with van der Waals surface area (Å²) >= 11 is 0. The summed E-state index contributed by atoms with van der Waals surface area (Å²) in [6.07, 6.45) is 6.47. The van der Waals surface area contributed by atoms with Gasteiger partial charge in [-0.25, -0.2) is 4.79 Å². The Labute approximate surface area is 119 Å². The monoisotopic (exact) mass is 273 g/mol. The lowest BCUT2D eigenvalue weighted by Gasteiger charge is -2.30. The van der Waals surface area contributed by atoms with Gasteiger partial charge in [-0.3, -0.25) is 0 Å². The third-order valence-corrected chi connectivity index (χ3v) is 4.38. The summed E-state index contributed by atoms with van der Waals surface area (Å²) < 4.78 is 0. The molecule has 108 valence electrons. The van der Waals surface area contributed by atoms with Gasteiger partial charge in [0.2, 0.25) is 0 Å². The van der Waals surface area contributed by atoms with Gasteiger partial charge in [0.15, 0.2) is 0 Å². The first-order valence-electron chi connectivity index (χ1n) is 7.71. The van der Waals surface area contributed by atoms with Crippen LogP contribution in [0.3, 0.4) is 0 Å². The molecule has 3 N–H and O–H groups in total. The van der Waals surface area contributed by atoms with Crippen molar-refractivity contribution in [3.63, 3.8) is 0 Å². The van der Waals surface area contributed by atoms with Crippen molar-refractivity contribution in [3.05, 3.63) is 34.2 Å². The van der Waals surface area contributed by atoms with Gasteiger partial charge in [0.05, 0.1) is 11.0 Å². The fourth-order valence-electron chi connectivity index (χ4n) is 2.98. The lowest BCUT2D eigenvalue weighted by atomic mass is 9.79. The van der Waals surface area contributed by atoms with Gasteiger partial charge >= 0.3 is 5.69 Å². The van der Waals surface area contributed by atoms with Crippen LogP contribution in [0.1, 0.15) is 50.6 Å². The predicted octanol–water partition coefficient (Wildman–Crippen LogP) is 3.09. The van der Waals surface area contributed by atoms with E-state index in [0.717, 1.165) is 29.9 Å². The van der Waals surface area contributed by atoms with Crippen LogP contribution in [-0.2, 0) is 0 Å². The Morgan fingerprint density at radius 1 is 1.30 bits per heavy atom. The summed E-state index contributed by atoms with van der Waals surface area (Å²) in [4.78, 5) is 17.0. The van der Waals surface area contributed by atoms with E-state index in [1.165, 1.54) is 31.2 Å². The van der Waals surface area contributed by atoms with Crippen molar-refractivity contribution in [2.24, 2.45) is 5.92 Å². The number of benzene rings is 1. The van der Waals surface area contributed by atoms with E-state index < -0.39 is 0 Å². The maximum absolute atomic E-state index is 11.3. The highest BCUT2D eigenvalue weighted by atomic mass is 16.1. The van der Waals surface area contributed by atoms with E-state index >= 15 is 0 Å². The Kier molecular flexibility index (Phi) is 3.92. The van der Waals surface area contributed by atoms with E-state index in [-0.39, 0.29) is 5.69 Å². The molecule has 0 saturated heterocycles. The Morgan fingerprint density at radius 2 is 2.10 bits per heavy atom. The fourth-order valence-corrected chi connectivity index (χ4v) is 2.98. The molecule has 2 aromatic rings. The molecule has 1 aliphatic carbocycles. The van der Waals surface area contributed by atoms with E-state index in [9.17, 15) is 4.79 Å². The molecular formula is C16H23N3O. The lowest BCUT2D eigenvalue weighted by Crippen LogP contribution is -2.26. The number of rotatable bonds is 6. The number of H-pyrrole nitrogens is 2. The average molecular weight is 273 g/mol. The van der Waals surface area contributed by atoms with E-state index in [4.69, 9.17) is 0 Å². The molecule has 1 fully saturated rings. The zero-order chi connectivity index (χ0) is 13.9. The Balaban J connectivity index is 1.83. The van der Waals surface area contributed by atoms with Crippen molar-refractivity contribution in [2.75, 3.05) is 6.54 Å². The number of hydrogen-bond donors (Lipinski definition) is 3. The summed E-state index contributed by atoms with van der Waals surface area (Å²) in [7, 11) is 0. The minimum absolute atomic E-state index is 0.130. The van der Waals surface area contributed by atoms with Crippen molar-refractivity contribution < 1.29 is 0 Å². The molecule has 0 radical (unpaired) electrons. The van der Waals surface area contributed by atoms with Crippen LogP contribution in [0.5, 0.6) is 0 Å². The molecule has 3 rings (SSSR count). The topological polar surface area (TPSA) is 60.7 Å². The molecule has 1 heterocycles. The summed E-state index contributed by atoms with van der Waals surface area (Å²) in [6.45, 7) is 3.24. The first-order valence-corrected chi connectivity index (χ1v) is 7.71. The maximum Gasteiger partial charge on any atom is 0.323 e. The summed E-state index contributed by atoms with van der Waals surface area (Å²) in [6, 6.07) is 6.66. The molecule has 1 aromatic heterocycles. The normalized spacial score (nSPS) is 17.2. The van der Waals surface area contributed by atoms with Crippen molar-refractivity contribution in [3.8, 4) is 0 Å². The number of aromatic nitrogens is 2. The predicted molar refractivity (Wildman–Crippen MR) is 81.9 cm³/mol. The van der Waals surface area contributed by atoms with Crippen LogP contribution < -0.4 is 11.0 Å². The van der Waals surface area contributed by atoms with Crippen molar-refractivity contribution in [1.82, 2.24) is 15.3 Å². The molecule has 0 bridgehead atoms. The van der Waals surface area contributed by atoms with Gasteiger partial charge in [0, 0.05) is 6.04 Å². The largest absolute Gasteiger partial charge is 0.323 e. The first-order chi connectivity index (χ1) is 9.76. The molecule has 1 saturated carbocycles.